The van der Waals surface area contributed by atoms with Crippen molar-refractivity contribution in [2.45, 2.75) is 121 Å². The van der Waals surface area contributed by atoms with Crippen molar-refractivity contribution in [2.24, 2.45) is 0 Å². The molecule has 0 heterocycles. The summed E-state index contributed by atoms with van der Waals surface area (Å²) in [6.07, 6.45) is 19.3. The molecule has 1 aromatic carbocycles. The van der Waals surface area contributed by atoms with Gasteiger partial charge in [0.2, 0.25) is 0 Å². The molecule has 0 fully saturated rings. The van der Waals surface area contributed by atoms with Crippen LogP contribution in [-0.4, -0.2) is 18.8 Å². The third-order valence-corrected chi connectivity index (χ3v) is 6.84. The van der Waals surface area contributed by atoms with Crippen LogP contribution in [0.15, 0.2) is 23.1 Å². The lowest BCUT2D eigenvalue weighted by Gasteiger charge is -2.09. The summed E-state index contributed by atoms with van der Waals surface area (Å²) in [5.41, 5.74) is 0.516. The van der Waals surface area contributed by atoms with Crippen LogP contribution in [0.4, 0.5) is 0 Å². The molecular weight excluding hydrogens is 396 g/mol. The fourth-order valence-corrected chi connectivity index (χ4v) is 4.94. The number of hydrogen-bond acceptors (Lipinski definition) is 3. The highest BCUT2D eigenvalue weighted by Crippen LogP contribution is 2.22. The molecule has 0 radical (unpaired) electrons. The van der Waals surface area contributed by atoms with E-state index in [0.717, 1.165) is 19.3 Å². The topological polar surface area (TPSA) is 71.4 Å². The van der Waals surface area contributed by atoms with E-state index >= 15 is 0 Å². The highest BCUT2D eigenvalue weighted by molar-refractivity contribution is 7.86. The van der Waals surface area contributed by atoms with Crippen LogP contribution in [0.1, 0.15) is 126 Å². The number of unbranched alkanes of at least 4 members (excludes halogenated alkanes) is 14. The van der Waals surface area contributed by atoms with Crippen LogP contribution in [0, 0.1) is 6.92 Å². The van der Waals surface area contributed by atoms with Gasteiger partial charge in [0.25, 0.3) is 10.1 Å². The summed E-state index contributed by atoms with van der Waals surface area (Å²) in [5, 5.41) is 0. The number of benzene rings is 1. The van der Waals surface area contributed by atoms with Crippen molar-refractivity contribution in [3.63, 3.8) is 0 Å². The molecule has 1 aromatic rings. The molecule has 0 saturated carbocycles. The van der Waals surface area contributed by atoms with E-state index in [2.05, 4.69) is 6.92 Å². The molecule has 0 amide bonds. The first-order valence-corrected chi connectivity index (χ1v) is 13.4. The molecule has 0 saturated heterocycles. The van der Waals surface area contributed by atoms with Crippen LogP contribution in [-0.2, 0) is 10.1 Å². The van der Waals surface area contributed by atoms with E-state index in [4.69, 9.17) is 0 Å². The standard InChI is InChI=1S/C25H42O4S/c1-3-4-5-6-7-8-9-10-11-12-13-14-15-16-17-21-24(26)23-20-18-19-22(2)25(23)30(27,28)29/h18-20H,3-17,21H2,1-2H3,(H,27,28,29). The second kappa shape index (κ2) is 15.6. The Morgan fingerprint density at radius 1 is 0.767 bits per heavy atom. The van der Waals surface area contributed by atoms with Crippen LogP contribution >= 0.6 is 0 Å². The van der Waals surface area contributed by atoms with E-state index < -0.39 is 10.1 Å². The Morgan fingerprint density at radius 2 is 1.20 bits per heavy atom. The van der Waals surface area contributed by atoms with Crippen molar-refractivity contribution in [3.8, 4) is 0 Å². The summed E-state index contributed by atoms with van der Waals surface area (Å²) in [7, 11) is -4.39. The first kappa shape index (κ1) is 26.8. The second-order valence-corrected chi connectivity index (χ2v) is 9.91. The summed E-state index contributed by atoms with van der Waals surface area (Å²) in [5.74, 6) is -0.207. The van der Waals surface area contributed by atoms with Crippen LogP contribution < -0.4 is 0 Å². The van der Waals surface area contributed by atoms with Crippen molar-refractivity contribution >= 4 is 15.9 Å². The quantitative estimate of drug-likeness (QED) is 0.145. The minimum atomic E-state index is -4.39. The molecule has 1 rings (SSSR count). The van der Waals surface area contributed by atoms with E-state index in [1.807, 2.05) is 0 Å². The van der Waals surface area contributed by atoms with Crippen molar-refractivity contribution in [1.29, 1.82) is 0 Å². The predicted molar refractivity (Wildman–Crippen MR) is 125 cm³/mol. The van der Waals surface area contributed by atoms with Gasteiger partial charge in [0.05, 0.1) is 0 Å². The molecule has 0 aliphatic carbocycles. The lowest BCUT2D eigenvalue weighted by atomic mass is 10.0. The average Bonchev–Trinajstić information content (AvgIpc) is 2.69. The van der Waals surface area contributed by atoms with Gasteiger partial charge in [-0.2, -0.15) is 8.42 Å². The molecule has 0 atom stereocenters. The lowest BCUT2D eigenvalue weighted by molar-refractivity contribution is 0.0975. The number of hydrogen-bond donors (Lipinski definition) is 1. The maximum Gasteiger partial charge on any atom is 0.295 e. The molecule has 172 valence electrons. The van der Waals surface area contributed by atoms with Gasteiger partial charge in [-0.05, 0) is 25.0 Å². The average molecular weight is 439 g/mol. The van der Waals surface area contributed by atoms with Gasteiger partial charge in [0.1, 0.15) is 4.90 Å². The Kier molecular flexibility index (Phi) is 13.9. The molecule has 5 heteroatoms. The van der Waals surface area contributed by atoms with Gasteiger partial charge >= 0.3 is 0 Å². The van der Waals surface area contributed by atoms with Gasteiger partial charge in [-0.3, -0.25) is 9.35 Å². The second-order valence-electron chi connectivity index (χ2n) is 8.55. The first-order valence-electron chi connectivity index (χ1n) is 12.0. The van der Waals surface area contributed by atoms with E-state index in [1.54, 1.807) is 19.1 Å². The van der Waals surface area contributed by atoms with Gasteiger partial charge < -0.3 is 0 Å². The SMILES string of the molecule is CCCCCCCCCCCCCCCCCC(=O)c1cccc(C)c1S(=O)(=O)O. The third-order valence-electron chi connectivity index (χ3n) is 5.78. The van der Waals surface area contributed by atoms with E-state index in [0.29, 0.717) is 12.0 Å². The van der Waals surface area contributed by atoms with Gasteiger partial charge in [0, 0.05) is 12.0 Å². The van der Waals surface area contributed by atoms with Crippen LogP contribution in [0.5, 0.6) is 0 Å². The summed E-state index contributed by atoms with van der Waals surface area (Å²) < 4.78 is 32.6. The normalized spacial score (nSPS) is 11.7. The molecule has 0 aliphatic heterocycles. The summed E-state index contributed by atoms with van der Waals surface area (Å²) >= 11 is 0. The van der Waals surface area contributed by atoms with Crippen LogP contribution in [0.25, 0.3) is 0 Å². The van der Waals surface area contributed by atoms with Gasteiger partial charge in [0.15, 0.2) is 5.78 Å². The lowest BCUT2D eigenvalue weighted by Crippen LogP contribution is -2.10. The van der Waals surface area contributed by atoms with Crippen molar-refractivity contribution in [3.05, 3.63) is 29.3 Å². The Hall–Kier alpha value is -1.20. The molecule has 0 unspecified atom stereocenters. The summed E-state index contributed by atoms with van der Waals surface area (Å²) in [6, 6.07) is 4.74. The van der Waals surface area contributed by atoms with Crippen molar-refractivity contribution in [1.82, 2.24) is 0 Å². The van der Waals surface area contributed by atoms with Gasteiger partial charge in [-0.25, -0.2) is 0 Å². The minimum Gasteiger partial charge on any atom is -0.294 e. The number of Topliss-reactive ketones (excluding diaryl/α,β-unsaturated/α-hetero) is 1. The highest BCUT2D eigenvalue weighted by Gasteiger charge is 2.22. The summed E-state index contributed by atoms with van der Waals surface area (Å²) in [4.78, 5) is 12.2. The molecule has 0 aromatic heterocycles. The molecule has 0 bridgehead atoms. The Labute approximate surface area is 184 Å². The fraction of sp³-hybridized carbons (Fsp3) is 0.720. The first-order chi connectivity index (χ1) is 14.4. The van der Waals surface area contributed by atoms with Crippen LogP contribution in [0.2, 0.25) is 0 Å². The van der Waals surface area contributed by atoms with E-state index in [1.165, 1.54) is 83.1 Å². The highest BCUT2D eigenvalue weighted by atomic mass is 32.2. The number of carbonyl (C=O) groups is 1. The number of aryl methyl sites for hydroxylation is 1. The minimum absolute atomic E-state index is 0.114. The maximum atomic E-state index is 12.4. The van der Waals surface area contributed by atoms with Crippen LogP contribution in [0.3, 0.4) is 0 Å². The molecule has 0 aliphatic rings. The zero-order valence-corrected chi connectivity index (χ0v) is 19.9. The molecule has 0 spiro atoms. The third kappa shape index (κ3) is 11.3. The number of carbonyl (C=O) groups excluding carboxylic acids is 1. The zero-order valence-electron chi connectivity index (χ0n) is 19.1. The monoisotopic (exact) mass is 438 g/mol. The largest absolute Gasteiger partial charge is 0.295 e. The Balaban J connectivity index is 2.08. The predicted octanol–water partition coefficient (Wildman–Crippen LogP) is 7.69. The fourth-order valence-electron chi connectivity index (χ4n) is 4.01. The summed E-state index contributed by atoms with van der Waals surface area (Å²) in [6.45, 7) is 3.85. The number of rotatable bonds is 18. The Morgan fingerprint density at radius 3 is 1.63 bits per heavy atom. The molecule has 4 nitrogen and oxygen atoms in total. The smallest absolute Gasteiger partial charge is 0.294 e. The molecule has 1 N–H and O–H groups in total. The molecule has 30 heavy (non-hydrogen) atoms. The van der Waals surface area contributed by atoms with E-state index in [-0.39, 0.29) is 16.2 Å². The van der Waals surface area contributed by atoms with E-state index in [9.17, 15) is 17.8 Å². The van der Waals surface area contributed by atoms with Gasteiger partial charge in [-0.1, -0.05) is 109 Å². The maximum absolute atomic E-state index is 12.4. The van der Waals surface area contributed by atoms with Crippen molar-refractivity contribution < 1.29 is 17.8 Å². The number of ketones is 1. The van der Waals surface area contributed by atoms with Crippen molar-refractivity contribution in [2.75, 3.05) is 0 Å². The molecular formula is C25H42O4S. The zero-order chi connectivity index (χ0) is 22.2. The Bertz CT molecular complexity index is 710. The van der Waals surface area contributed by atoms with Gasteiger partial charge in [-0.15, -0.1) is 0 Å².